The fraction of sp³-hybridized carbons (Fsp3) is 0.310. The number of carbonyl (C=O) groups excluding carboxylic acids is 2. The second kappa shape index (κ2) is 11.2. The Kier molecular flexibility index (Phi) is 7.69. The summed E-state index contributed by atoms with van der Waals surface area (Å²) in [5.41, 5.74) is -1.08. The van der Waals surface area contributed by atoms with E-state index in [2.05, 4.69) is 21.5 Å². The number of aromatic nitrogens is 4. The number of rotatable bonds is 5. The Labute approximate surface area is 240 Å². The minimum Gasteiger partial charge on any atom is -0.350 e. The number of anilines is 2. The molecule has 3 aliphatic rings. The Morgan fingerprint density at radius 2 is 1.83 bits per heavy atom. The molecule has 1 fully saturated rings. The van der Waals surface area contributed by atoms with Crippen LogP contribution in [0, 0.1) is 0 Å². The second-order valence-electron chi connectivity index (χ2n) is 9.91. The molecule has 42 heavy (non-hydrogen) atoms. The van der Waals surface area contributed by atoms with E-state index in [9.17, 15) is 24.0 Å². The molecule has 0 saturated carbocycles. The number of fused-ring (bicyclic) bond motifs is 1. The predicted octanol–water partition coefficient (Wildman–Crippen LogP) is 3.14. The Bertz CT molecular complexity index is 1670. The molecule has 4 heterocycles. The van der Waals surface area contributed by atoms with E-state index < -0.39 is 34.4 Å². The number of hydrogen-bond acceptors (Lipinski definition) is 9. The summed E-state index contributed by atoms with van der Waals surface area (Å²) in [7, 11) is 0. The van der Waals surface area contributed by atoms with Crippen LogP contribution in [-0.2, 0) is 22.4 Å². The molecular formula is C29H29F2N7O4. The fourth-order valence-electron chi connectivity index (χ4n) is 5.47. The van der Waals surface area contributed by atoms with Gasteiger partial charge in [-0.3, -0.25) is 14.8 Å². The van der Waals surface area contributed by atoms with Gasteiger partial charge in [0.1, 0.15) is 23.7 Å². The summed E-state index contributed by atoms with van der Waals surface area (Å²) in [6.07, 6.45) is 7.58. The predicted molar refractivity (Wildman–Crippen MR) is 151 cm³/mol. The number of allylic oxidation sites excluding steroid dienone is 6. The molecule has 1 N–H and O–H groups in total. The zero-order valence-electron chi connectivity index (χ0n) is 23.3. The number of carbonyl (C=O) groups is 2. The van der Waals surface area contributed by atoms with Gasteiger partial charge in [-0.25, -0.2) is 33.2 Å². The average Bonchev–Trinajstić information content (AvgIpc) is 2.97. The summed E-state index contributed by atoms with van der Waals surface area (Å²) in [6.45, 7) is 9.80. The van der Waals surface area contributed by atoms with E-state index in [1.807, 2.05) is 20.8 Å². The summed E-state index contributed by atoms with van der Waals surface area (Å²) in [4.78, 5) is 55.1. The zero-order chi connectivity index (χ0) is 30.3. The Morgan fingerprint density at radius 3 is 2.43 bits per heavy atom. The highest BCUT2D eigenvalue weighted by Crippen LogP contribution is 2.42. The number of piperazine rings is 1. The molecule has 0 bridgehead atoms. The molecule has 1 atom stereocenters. The lowest BCUT2D eigenvalue weighted by Crippen LogP contribution is -2.54. The van der Waals surface area contributed by atoms with Gasteiger partial charge in [0, 0.05) is 25.7 Å². The smallest absolute Gasteiger partial charge is 0.350 e. The molecule has 5 rings (SSSR count). The summed E-state index contributed by atoms with van der Waals surface area (Å²) in [5, 5.41) is 11.9. The van der Waals surface area contributed by atoms with Crippen molar-refractivity contribution >= 4 is 29.4 Å². The number of hydrogen-bond donors (Lipinski definition) is 1. The van der Waals surface area contributed by atoms with Crippen LogP contribution in [0.1, 0.15) is 37.7 Å². The molecule has 0 spiro atoms. The average molecular weight is 578 g/mol. The first-order valence-electron chi connectivity index (χ1n) is 13.5. The third-order valence-corrected chi connectivity index (χ3v) is 7.46. The van der Waals surface area contributed by atoms with Crippen molar-refractivity contribution in [3.8, 4) is 5.69 Å². The molecular weight excluding hydrogens is 548 g/mol. The van der Waals surface area contributed by atoms with Crippen LogP contribution in [0.4, 0.5) is 20.4 Å². The van der Waals surface area contributed by atoms with Crippen molar-refractivity contribution in [3.63, 3.8) is 0 Å². The summed E-state index contributed by atoms with van der Waals surface area (Å²) < 4.78 is 31.9. The van der Waals surface area contributed by atoms with Crippen LogP contribution in [-0.4, -0.2) is 67.0 Å². The van der Waals surface area contributed by atoms with Crippen molar-refractivity contribution in [1.82, 2.24) is 24.4 Å². The van der Waals surface area contributed by atoms with Gasteiger partial charge in [0.25, 0.3) is 0 Å². The van der Waals surface area contributed by atoms with Gasteiger partial charge in [0.15, 0.2) is 17.4 Å². The number of halogens is 2. The van der Waals surface area contributed by atoms with Crippen LogP contribution in [0.25, 0.3) is 11.8 Å². The van der Waals surface area contributed by atoms with Crippen molar-refractivity contribution in [2.75, 3.05) is 29.6 Å². The van der Waals surface area contributed by atoms with Crippen molar-refractivity contribution in [1.29, 1.82) is 0 Å². The molecule has 1 aliphatic carbocycles. The van der Waals surface area contributed by atoms with Crippen molar-refractivity contribution in [2.45, 2.75) is 39.7 Å². The monoisotopic (exact) mass is 577 g/mol. The lowest BCUT2D eigenvalue weighted by Gasteiger charge is -2.41. The Balaban J connectivity index is 1.81. The molecule has 0 radical (unpaired) electrons. The number of aryl methyl sites for hydroxylation is 2. The molecule has 2 aliphatic heterocycles. The molecule has 2 aromatic heterocycles. The van der Waals surface area contributed by atoms with Crippen LogP contribution in [0.3, 0.4) is 0 Å². The highest BCUT2D eigenvalue weighted by Gasteiger charge is 2.38. The molecule has 0 unspecified atom stereocenters. The quantitative estimate of drug-likeness (QED) is 0.534. The van der Waals surface area contributed by atoms with Gasteiger partial charge in [-0.05, 0) is 44.1 Å². The molecule has 0 aromatic carbocycles. The topological polar surface area (TPSA) is 125 Å². The van der Waals surface area contributed by atoms with Crippen LogP contribution < -0.4 is 15.7 Å². The van der Waals surface area contributed by atoms with Gasteiger partial charge < -0.3 is 9.80 Å². The van der Waals surface area contributed by atoms with Gasteiger partial charge in [-0.1, -0.05) is 26.5 Å². The van der Waals surface area contributed by atoms with Crippen molar-refractivity contribution in [3.05, 3.63) is 87.6 Å². The standard InChI is InChI=1S/C29H29F2N7O4/c1-5-20-26(21(6-2)33-15-32-20)37-28-17(13-19(31)25(38(28)42)24-18(30)9-8-10-22(24)39)27(34-29(37)41)36-12-11-35(14-16(36)4)23(40)7-3/h7-10,13,15-16,42H,3,5-6,11-12,14H2,1-2,4H3/b25-24-/t16-/m0/s1. The minimum atomic E-state index is -1.11. The van der Waals surface area contributed by atoms with Gasteiger partial charge in [0.2, 0.25) is 5.91 Å². The highest BCUT2D eigenvalue weighted by atomic mass is 19.1. The lowest BCUT2D eigenvalue weighted by atomic mass is 9.98. The maximum Gasteiger partial charge on any atom is 0.355 e. The van der Waals surface area contributed by atoms with Crippen molar-refractivity contribution in [2.24, 2.45) is 0 Å². The van der Waals surface area contributed by atoms with Crippen molar-refractivity contribution < 1.29 is 23.6 Å². The largest absolute Gasteiger partial charge is 0.355 e. The van der Waals surface area contributed by atoms with Gasteiger partial charge in [-0.15, -0.1) is 0 Å². The molecule has 1 saturated heterocycles. The highest BCUT2D eigenvalue weighted by molar-refractivity contribution is 6.10. The first-order valence-corrected chi connectivity index (χ1v) is 13.5. The van der Waals surface area contributed by atoms with E-state index in [-0.39, 0.29) is 54.5 Å². The fourth-order valence-corrected chi connectivity index (χ4v) is 5.47. The first-order chi connectivity index (χ1) is 20.1. The van der Waals surface area contributed by atoms with Gasteiger partial charge in [0.05, 0.1) is 28.2 Å². The summed E-state index contributed by atoms with van der Waals surface area (Å²) in [6, 6.07) is -0.360. The van der Waals surface area contributed by atoms with Crippen LogP contribution in [0.15, 0.2) is 64.9 Å². The lowest BCUT2D eigenvalue weighted by molar-refractivity contribution is -0.126. The zero-order valence-corrected chi connectivity index (χ0v) is 23.3. The van der Waals surface area contributed by atoms with E-state index >= 15 is 4.39 Å². The van der Waals surface area contributed by atoms with E-state index in [1.54, 1.807) is 9.80 Å². The molecule has 2 aromatic rings. The molecule has 11 nitrogen and oxygen atoms in total. The number of ketones is 1. The second-order valence-corrected chi connectivity index (χ2v) is 9.91. The number of amides is 1. The number of nitrogens with zero attached hydrogens (tertiary/aromatic N) is 7. The van der Waals surface area contributed by atoms with E-state index in [1.165, 1.54) is 18.5 Å². The van der Waals surface area contributed by atoms with Crippen LogP contribution in [0.2, 0.25) is 0 Å². The minimum absolute atomic E-state index is 0.0189. The summed E-state index contributed by atoms with van der Waals surface area (Å²) in [5.74, 6) is -3.46. The van der Waals surface area contributed by atoms with Crippen LogP contribution >= 0.6 is 0 Å². The SMILES string of the molecule is C=CC(=O)N1CCN(c2nc(=O)n(-c3c(CC)ncnc3CC)c3c2C=C(F)/C(=C2/C(=O)C=CC=C2F)N3O)[C@@H](C)C1. The van der Waals surface area contributed by atoms with E-state index in [4.69, 9.17) is 0 Å². The third-order valence-electron chi connectivity index (χ3n) is 7.46. The van der Waals surface area contributed by atoms with Gasteiger partial charge >= 0.3 is 5.69 Å². The van der Waals surface area contributed by atoms with E-state index in [0.717, 1.165) is 22.8 Å². The van der Waals surface area contributed by atoms with Gasteiger partial charge in [-0.2, -0.15) is 4.98 Å². The maximum atomic E-state index is 15.9. The summed E-state index contributed by atoms with van der Waals surface area (Å²) >= 11 is 0. The number of hydroxylamine groups is 1. The first kappa shape index (κ1) is 28.7. The maximum absolute atomic E-state index is 15.9. The molecule has 218 valence electrons. The normalized spacial score (nSPS) is 20.4. The third kappa shape index (κ3) is 4.65. The molecule has 1 amide bonds. The Morgan fingerprint density at radius 1 is 1.14 bits per heavy atom. The van der Waals surface area contributed by atoms with E-state index in [0.29, 0.717) is 29.3 Å². The Hall–Kier alpha value is -4.78. The molecule has 13 heteroatoms. The van der Waals surface area contributed by atoms with Crippen LogP contribution in [0.5, 0.6) is 0 Å².